The molecule has 0 amide bonds. The monoisotopic (exact) mass is 1450 g/mol. The highest BCUT2D eigenvalue weighted by atomic mass is 32.2. The van der Waals surface area contributed by atoms with Gasteiger partial charge in [-0.05, 0) is 272 Å². The maximum Gasteiger partial charge on any atom is 0.175 e. The number of pyridine rings is 2. The van der Waals surface area contributed by atoms with Crippen molar-refractivity contribution in [3.8, 4) is 0 Å². The summed E-state index contributed by atoms with van der Waals surface area (Å²) < 4.78 is 36.1. The van der Waals surface area contributed by atoms with Crippen molar-refractivity contribution in [1.82, 2.24) is 52.4 Å². The molecule has 554 valence electrons. The van der Waals surface area contributed by atoms with E-state index in [1.54, 1.807) is 23.4 Å². The van der Waals surface area contributed by atoms with Crippen molar-refractivity contribution >= 4 is 111 Å². The zero-order chi connectivity index (χ0) is 75.6. The van der Waals surface area contributed by atoms with E-state index in [0.717, 1.165) is 89.2 Å². The minimum Gasteiger partial charge on any atom is -0.351 e. The summed E-state index contributed by atoms with van der Waals surface area (Å²) in [6.45, 7) is 28.1. The Morgan fingerprint density at radius 1 is 0.426 bits per heavy atom. The van der Waals surface area contributed by atoms with Crippen LogP contribution in [0, 0.1) is 41.5 Å². The van der Waals surface area contributed by atoms with Crippen LogP contribution in [0.2, 0.25) is 0 Å². The molecule has 0 atom stereocenters. The third-order valence-corrected chi connectivity index (χ3v) is 24.4. The van der Waals surface area contributed by atoms with E-state index in [4.69, 9.17) is 0 Å². The van der Waals surface area contributed by atoms with Gasteiger partial charge in [0.2, 0.25) is 0 Å². The van der Waals surface area contributed by atoms with Crippen LogP contribution < -0.4 is 0 Å². The fourth-order valence-electron chi connectivity index (χ4n) is 17.8. The largest absolute Gasteiger partial charge is 0.351 e. The average molecular weight is 1450 g/mol. The van der Waals surface area contributed by atoms with Crippen molar-refractivity contribution < 1.29 is 8.42 Å². The standard InChI is InChI=1S/C25H25N3.C24H28N2O2S.C23H27N3.C22H25N3/c1-17-4-7-24-22(12-17)23-16-27(3)11-9-25(23)28(24)15-18(2)19-5-6-21-14-26-10-8-20(21)13-19;1-16-11-17(2)24-21(12-16)22-15-25(4)10-9-23(22)26(24)14-18(3)19-7-6-8-20(13-19)29(5,27)28;1-16-9-10-22-18(14-16)19-15-24(2)13-11-23(19)26(22)21-7-4-6-17(21)20-8-5-12-25(20)3;1-15-11-16(2)22-19(12-15)20-14-24(4)10-7-21(20)25(22)13-17(3)18-5-8-23-9-6-18/h4-8,10,12-15H,9,11,16H2,1-3H3;6-8,11-14H,9-10,15H2,1-5H3;5,8-10,12,14H,4,6-7,11,13,15H2,1-3H3;5-6,8-9,11-13H,7,10,14H2,1-4H3/b18-15+;18-14+;;17-13+. The fourth-order valence-corrected chi connectivity index (χ4v) is 18.5. The molecule has 0 radical (unpaired) electrons. The summed E-state index contributed by atoms with van der Waals surface area (Å²) in [6.07, 6.45) is 25.7. The predicted molar refractivity (Wildman–Crippen MR) is 454 cm³/mol. The molecule has 0 fully saturated rings. The number of aryl methyl sites for hydroxylation is 7. The number of nitrogens with zero attached hydrogens (tertiary/aromatic N) is 11. The van der Waals surface area contributed by atoms with E-state index in [1.165, 1.54) is 186 Å². The zero-order valence-corrected chi connectivity index (χ0v) is 66.9. The van der Waals surface area contributed by atoms with E-state index in [1.807, 2.05) is 36.9 Å². The van der Waals surface area contributed by atoms with Crippen LogP contribution in [0.1, 0.15) is 141 Å². The van der Waals surface area contributed by atoms with Crippen molar-refractivity contribution in [3.63, 3.8) is 0 Å². The summed E-state index contributed by atoms with van der Waals surface area (Å²) in [5, 5.41) is 8.02. The van der Waals surface area contributed by atoms with Crippen LogP contribution in [0.4, 0.5) is 0 Å². The first-order valence-electron chi connectivity index (χ1n) is 38.6. The molecule has 0 unspecified atom stereocenters. The Morgan fingerprint density at radius 3 is 1.48 bits per heavy atom. The van der Waals surface area contributed by atoms with E-state index < -0.39 is 9.84 Å². The second kappa shape index (κ2) is 30.3. The molecule has 13 aromatic rings. The molecule has 13 nitrogen and oxygen atoms in total. The molecule has 0 spiro atoms. The van der Waals surface area contributed by atoms with E-state index in [9.17, 15) is 8.42 Å². The van der Waals surface area contributed by atoms with Gasteiger partial charge in [0.15, 0.2) is 9.84 Å². The van der Waals surface area contributed by atoms with Crippen LogP contribution in [0.15, 0.2) is 169 Å². The van der Waals surface area contributed by atoms with E-state index in [2.05, 4.69) is 284 Å². The minimum absolute atomic E-state index is 0.357. The maximum atomic E-state index is 12.0. The van der Waals surface area contributed by atoms with Gasteiger partial charge in [-0.15, -0.1) is 0 Å². The molecule has 0 N–H and O–H groups in total. The van der Waals surface area contributed by atoms with Gasteiger partial charge in [0.1, 0.15) is 0 Å². The van der Waals surface area contributed by atoms with Gasteiger partial charge in [-0.1, -0.05) is 70.8 Å². The Bertz CT molecular complexity index is 5920. The molecule has 14 heteroatoms. The van der Waals surface area contributed by atoms with Crippen molar-refractivity contribution in [3.05, 3.63) is 265 Å². The van der Waals surface area contributed by atoms with Gasteiger partial charge in [-0.25, -0.2) is 8.42 Å². The molecule has 6 aromatic carbocycles. The summed E-state index contributed by atoms with van der Waals surface area (Å²) in [6, 6.07) is 47.5. The molecule has 1 aliphatic carbocycles. The molecule has 4 aliphatic heterocycles. The summed E-state index contributed by atoms with van der Waals surface area (Å²) in [4.78, 5) is 18.4. The second-order valence-electron chi connectivity index (χ2n) is 31.8. The van der Waals surface area contributed by atoms with Crippen LogP contribution in [0.5, 0.6) is 0 Å². The van der Waals surface area contributed by atoms with Gasteiger partial charge in [0.05, 0.1) is 27.0 Å². The first kappa shape index (κ1) is 73.6. The highest BCUT2D eigenvalue weighted by Crippen LogP contribution is 2.44. The van der Waals surface area contributed by atoms with Crippen LogP contribution in [-0.4, -0.2) is 121 Å². The lowest BCUT2D eigenvalue weighted by Crippen LogP contribution is -2.27. The molecule has 108 heavy (non-hydrogen) atoms. The van der Waals surface area contributed by atoms with Gasteiger partial charge in [0, 0.05) is 202 Å². The lowest BCUT2D eigenvalue weighted by molar-refractivity contribution is 0.311. The summed E-state index contributed by atoms with van der Waals surface area (Å²) >= 11 is 0. The number of rotatable bonds is 9. The number of sulfone groups is 1. The van der Waals surface area contributed by atoms with Gasteiger partial charge in [-0.3, -0.25) is 9.97 Å². The van der Waals surface area contributed by atoms with Crippen LogP contribution >= 0.6 is 0 Å². The highest BCUT2D eigenvalue weighted by molar-refractivity contribution is 7.90. The Labute approximate surface area is 639 Å². The molecule has 0 saturated heterocycles. The lowest BCUT2D eigenvalue weighted by Gasteiger charge is -2.25. The first-order valence-corrected chi connectivity index (χ1v) is 40.5. The van der Waals surface area contributed by atoms with Gasteiger partial charge < -0.3 is 42.4 Å². The Hall–Kier alpha value is -9.93. The third kappa shape index (κ3) is 14.6. The summed E-state index contributed by atoms with van der Waals surface area (Å²) in [5.74, 6) is 0. The molecule has 11 heterocycles. The summed E-state index contributed by atoms with van der Waals surface area (Å²) in [7, 11) is 7.79. The van der Waals surface area contributed by atoms with Crippen molar-refractivity contribution in [2.75, 3.05) is 60.6 Å². The maximum absolute atomic E-state index is 12.0. The number of fused-ring (bicyclic) bond motifs is 13. The molecule has 0 bridgehead atoms. The smallest absolute Gasteiger partial charge is 0.175 e. The quantitative estimate of drug-likeness (QED) is 0.141. The number of hydrogen-bond donors (Lipinski definition) is 0. The predicted octanol–water partition coefficient (Wildman–Crippen LogP) is 19.7. The molecular weight excluding hydrogens is 1350 g/mol. The molecule has 18 rings (SSSR count). The van der Waals surface area contributed by atoms with E-state index in [0.29, 0.717) is 4.90 Å². The molecule has 5 aliphatic rings. The summed E-state index contributed by atoms with van der Waals surface area (Å²) in [5.41, 5.74) is 36.5. The van der Waals surface area contributed by atoms with Gasteiger partial charge in [-0.2, -0.15) is 0 Å². The van der Waals surface area contributed by atoms with E-state index >= 15 is 0 Å². The topological polar surface area (TPSA) is 97.5 Å². The van der Waals surface area contributed by atoms with Crippen molar-refractivity contribution in [1.29, 1.82) is 0 Å². The number of benzene rings is 6. The molecular formula is C94H105N11O2S. The normalized spacial score (nSPS) is 16.2. The Kier molecular flexibility index (Phi) is 20.6. The molecule has 7 aromatic heterocycles. The lowest BCUT2D eigenvalue weighted by atomic mass is 10.0. The third-order valence-electron chi connectivity index (χ3n) is 23.3. The first-order chi connectivity index (χ1) is 51.9. The van der Waals surface area contributed by atoms with Crippen LogP contribution in [-0.2, 0) is 68.7 Å². The van der Waals surface area contributed by atoms with Crippen molar-refractivity contribution in [2.45, 2.75) is 138 Å². The van der Waals surface area contributed by atoms with Crippen LogP contribution in [0.25, 0.3) is 101 Å². The number of aromatic nitrogens is 7. The van der Waals surface area contributed by atoms with Crippen molar-refractivity contribution in [2.24, 2.45) is 7.05 Å². The van der Waals surface area contributed by atoms with Gasteiger partial charge >= 0.3 is 0 Å². The Morgan fingerprint density at radius 2 is 0.917 bits per heavy atom. The minimum atomic E-state index is -3.23. The van der Waals surface area contributed by atoms with Crippen LogP contribution in [0.3, 0.4) is 0 Å². The SMILES string of the molecule is C/C(=C\n1c2c(c3cc(C)cc(C)c31)CN(C)CC2)c1cccc(S(C)(=O)=O)c1.C/C(=C\n1c2c(c3cc(C)cc(C)c31)CN(C)CC2)c1ccncc1.C/C(=C\n1c2c(c3cc(C)ccc31)CN(C)CC2)c1ccc2cnccc2c1.Cc1ccc2c(c1)c1c(n2C2=C(c3cccn3C)CCC2)CCN(C)C1. The fraction of sp³-hybridized carbons (Fsp3) is 0.319. The average Bonchev–Trinajstić information content (AvgIpc) is 1.61. The van der Waals surface area contributed by atoms with E-state index in [-0.39, 0.29) is 0 Å². The van der Waals surface area contributed by atoms with Gasteiger partial charge in [0.25, 0.3) is 0 Å². The molecule has 0 saturated carbocycles. The number of likely N-dealkylation sites (N-methyl/N-ethyl adjacent to an activating group) is 4. The number of hydrogen-bond acceptors (Lipinski definition) is 8. The Balaban J connectivity index is 0.000000115. The number of allylic oxidation sites excluding steroid dienone is 5. The highest BCUT2D eigenvalue weighted by Gasteiger charge is 2.30. The second-order valence-corrected chi connectivity index (χ2v) is 33.8. The zero-order valence-electron chi connectivity index (χ0n) is 66.1.